The van der Waals surface area contributed by atoms with Crippen LogP contribution in [-0.2, 0) is 6.42 Å². The zero-order valence-electron chi connectivity index (χ0n) is 10.6. The van der Waals surface area contributed by atoms with Gasteiger partial charge in [0.25, 0.3) is 0 Å². The number of halogens is 1. The van der Waals surface area contributed by atoms with Crippen LogP contribution in [0.1, 0.15) is 17.2 Å². The predicted molar refractivity (Wildman–Crippen MR) is 80.2 cm³/mol. The van der Waals surface area contributed by atoms with Crippen LogP contribution in [-0.4, -0.2) is 12.2 Å². The monoisotopic (exact) mass is 321 g/mol. The number of nitrogens with two attached hydrogens (primary N) is 1. The lowest BCUT2D eigenvalue weighted by Gasteiger charge is -2.16. The van der Waals surface area contributed by atoms with Gasteiger partial charge in [-0.15, -0.1) is 0 Å². The first-order valence-corrected chi connectivity index (χ1v) is 6.76. The van der Waals surface area contributed by atoms with Crippen LogP contribution in [0.4, 0.5) is 5.69 Å². The van der Waals surface area contributed by atoms with Gasteiger partial charge in [0.05, 0.1) is 18.9 Å². The Morgan fingerprint density at radius 1 is 1.21 bits per heavy atom. The van der Waals surface area contributed by atoms with Gasteiger partial charge in [0.1, 0.15) is 5.75 Å². The number of nitrogen functional groups attached to an aromatic ring is 1. The Labute approximate surface area is 121 Å². The molecule has 0 aliphatic carbocycles. The Bertz CT molecular complexity index is 572. The Morgan fingerprint density at radius 2 is 1.95 bits per heavy atom. The fourth-order valence-corrected chi connectivity index (χ4v) is 2.46. The van der Waals surface area contributed by atoms with Gasteiger partial charge in [0.15, 0.2) is 0 Å². The molecule has 0 aliphatic heterocycles. The molecular formula is C15H16BrNO2. The molecule has 2 aromatic rings. The Hall–Kier alpha value is -1.52. The average Bonchev–Trinajstić information content (AvgIpc) is 2.41. The van der Waals surface area contributed by atoms with E-state index < -0.39 is 6.10 Å². The highest BCUT2D eigenvalue weighted by molar-refractivity contribution is 9.10. The highest BCUT2D eigenvalue weighted by Gasteiger charge is 2.15. The van der Waals surface area contributed by atoms with Crippen LogP contribution >= 0.6 is 15.9 Å². The van der Waals surface area contributed by atoms with Crippen molar-refractivity contribution in [3.05, 3.63) is 58.1 Å². The van der Waals surface area contributed by atoms with Crippen molar-refractivity contribution in [3.8, 4) is 5.75 Å². The minimum absolute atomic E-state index is 0.490. The Morgan fingerprint density at radius 3 is 2.63 bits per heavy atom. The summed E-state index contributed by atoms with van der Waals surface area (Å²) < 4.78 is 6.15. The highest BCUT2D eigenvalue weighted by Crippen LogP contribution is 2.32. The molecule has 19 heavy (non-hydrogen) atoms. The molecule has 0 saturated carbocycles. The van der Waals surface area contributed by atoms with Crippen molar-refractivity contribution in [2.24, 2.45) is 0 Å². The molecule has 4 heteroatoms. The summed E-state index contributed by atoms with van der Waals surface area (Å²) in [6.07, 6.45) is -0.160. The van der Waals surface area contributed by atoms with Crippen molar-refractivity contribution in [3.63, 3.8) is 0 Å². The summed E-state index contributed by atoms with van der Waals surface area (Å²) >= 11 is 3.48. The smallest absolute Gasteiger partial charge is 0.142 e. The van der Waals surface area contributed by atoms with Gasteiger partial charge < -0.3 is 15.6 Å². The molecule has 1 atom stereocenters. The topological polar surface area (TPSA) is 55.5 Å². The van der Waals surface area contributed by atoms with E-state index in [1.54, 1.807) is 13.2 Å². The molecule has 3 nitrogen and oxygen atoms in total. The van der Waals surface area contributed by atoms with Crippen LogP contribution < -0.4 is 10.5 Å². The van der Waals surface area contributed by atoms with E-state index in [4.69, 9.17) is 10.5 Å². The second kappa shape index (κ2) is 6.08. The van der Waals surface area contributed by atoms with E-state index in [1.807, 2.05) is 36.4 Å². The van der Waals surface area contributed by atoms with Gasteiger partial charge in [-0.05, 0) is 17.7 Å². The van der Waals surface area contributed by atoms with Crippen molar-refractivity contribution in [2.45, 2.75) is 12.5 Å². The summed E-state index contributed by atoms with van der Waals surface area (Å²) in [5.74, 6) is 0.587. The molecule has 2 aromatic carbocycles. The minimum Gasteiger partial charge on any atom is -0.495 e. The average molecular weight is 322 g/mol. The normalized spacial score (nSPS) is 12.2. The van der Waals surface area contributed by atoms with Gasteiger partial charge in [-0.2, -0.15) is 0 Å². The van der Waals surface area contributed by atoms with E-state index in [1.165, 1.54) is 0 Å². The Kier molecular flexibility index (Phi) is 4.45. The number of hydrogen-bond donors (Lipinski definition) is 2. The summed E-state index contributed by atoms with van der Waals surface area (Å²) in [5.41, 5.74) is 8.21. The number of anilines is 1. The standard InChI is InChI=1S/C15H16BrNO2/c1-19-14-8-4-6-11(15(14)17)13(18)9-10-5-2-3-7-12(10)16/h2-8,13,18H,9,17H2,1H3. The second-order valence-corrected chi connectivity index (χ2v) is 5.13. The van der Waals surface area contributed by atoms with Crippen LogP contribution in [0.25, 0.3) is 0 Å². The third-order valence-corrected chi connectivity index (χ3v) is 3.82. The quantitative estimate of drug-likeness (QED) is 0.849. The largest absolute Gasteiger partial charge is 0.495 e. The summed E-state index contributed by atoms with van der Waals surface area (Å²) in [4.78, 5) is 0. The van der Waals surface area contributed by atoms with E-state index in [-0.39, 0.29) is 0 Å². The SMILES string of the molecule is COc1cccc(C(O)Cc2ccccc2Br)c1N. The number of ether oxygens (including phenoxy) is 1. The zero-order valence-corrected chi connectivity index (χ0v) is 12.2. The zero-order chi connectivity index (χ0) is 13.8. The van der Waals surface area contributed by atoms with Gasteiger partial charge in [0.2, 0.25) is 0 Å². The first-order chi connectivity index (χ1) is 9.13. The fourth-order valence-electron chi connectivity index (χ4n) is 2.01. The van der Waals surface area contributed by atoms with Crippen molar-refractivity contribution in [1.29, 1.82) is 0 Å². The molecule has 0 radical (unpaired) electrons. The van der Waals surface area contributed by atoms with Crippen molar-refractivity contribution in [2.75, 3.05) is 12.8 Å². The van der Waals surface area contributed by atoms with Gasteiger partial charge in [0, 0.05) is 16.5 Å². The number of benzene rings is 2. The third-order valence-electron chi connectivity index (χ3n) is 3.05. The van der Waals surface area contributed by atoms with Gasteiger partial charge >= 0.3 is 0 Å². The number of aliphatic hydroxyl groups is 1. The highest BCUT2D eigenvalue weighted by atomic mass is 79.9. The molecule has 1 unspecified atom stereocenters. The molecule has 3 N–H and O–H groups in total. The first kappa shape index (κ1) is 13.9. The van der Waals surface area contributed by atoms with Crippen LogP contribution in [0.3, 0.4) is 0 Å². The number of para-hydroxylation sites is 1. The van der Waals surface area contributed by atoms with Gasteiger partial charge in [-0.1, -0.05) is 46.3 Å². The summed E-state index contributed by atoms with van der Waals surface area (Å²) in [6.45, 7) is 0. The van der Waals surface area contributed by atoms with Crippen molar-refractivity contribution >= 4 is 21.6 Å². The second-order valence-electron chi connectivity index (χ2n) is 4.27. The van der Waals surface area contributed by atoms with Crippen LogP contribution in [0.2, 0.25) is 0 Å². The first-order valence-electron chi connectivity index (χ1n) is 5.97. The molecule has 0 fully saturated rings. The molecule has 100 valence electrons. The number of rotatable bonds is 4. The number of hydrogen-bond acceptors (Lipinski definition) is 3. The van der Waals surface area contributed by atoms with Crippen molar-refractivity contribution in [1.82, 2.24) is 0 Å². The van der Waals surface area contributed by atoms with E-state index in [2.05, 4.69) is 15.9 Å². The van der Waals surface area contributed by atoms with Crippen LogP contribution in [0.5, 0.6) is 5.75 Å². The maximum Gasteiger partial charge on any atom is 0.142 e. The van der Waals surface area contributed by atoms with Crippen LogP contribution in [0.15, 0.2) is 46.9 Å². The number of methoxy groups -OCH3 is 1. The van der Waals surface area contributed by atoms with E-state index in [9.17, 15) is 5.11 Å². The van der Waals surface area contributed by atoms with E-state index >= 15 is 0 Å². The maximum atomic E-state index is 10.3. The number of aliphatic hydroxyl groups excluding tert-OH is 1. The molecule has 0 saturated heterocycles. The molecule has 0 bridgehead atoms. The van der Waals surface area contributed by atoms with E-state index in [0.717, 1.165) is 10.0 Å². The lowest BCUT2D eigenvalue weighted by Crippen LogP contribution is -2.07. The maximum absolute atomic E-state index is 10.3. The third kappa shape index (κ3) is 3.08. The predicted octanol–water partition coefficient (Wildman–Crippen LogP) is 3.32. The lowest BCUT2D eigenvalue weighted by molar-refractivity contribution is 0.178. The molecule has 0 aliphatic rings. The fraction of sp³-hybridized carbons (Fsp3) is 0.200. The molecule has 0 heterocycles. The van der Waals surface area contributed by atoms with E-state index in [0.29, 0.717) is 23.4 Å². The Balaban J connectivity index is 2.26. The summed E-state index contributed by atoms with van der Waals surface area (Å²) in [6, 6.07) is 13.2. The summed E-state index contributed by atoms with van der Waals surface area (Å²) in [5, 5.41) is 10.3. The van der Waals surface area contributed by atoms with Crippen molar-refractivity contribution < 1.29 is 9.84 Å². The van der Waals surface area contributed by atoms with Gasteiger partial charge in [-0.25, -0.2) is 0 Å². The molecular weight excluding hydrogens is 306 g/mol. The van der Waals surface area contributed by atoms with Crippen LogP contribution in [0, 0.1) is 0 Å². The molecule has 0 aromatic heterocycles. The lowest BCUT2D eigenvalue weighted by atomic mass is 10.00. The van der Waals surface area contributed by atoms with Gasteiger partial charge in [-0.3, -0.25) is 0 Å². The molecule has 2 rings (SSSR count). The molecule has 0 spiro atoms. The molecule has 0 amide bonds. The summed E-state index contributed by atoms with van der Waals surface area (Å²) in [7, 11) is 1.57. The minimum atomic E-state index is -0.659.